The lowest BCUT2D eigenvalue weighted by Crippen LogP contribution is -3.12. The minimum absolute atomic E-state index is 0.105. The van der Waals surface area contributed by atoms with Crippen LogP contribution < -0.4 is 14.4 Å². The van der Waals surface area contributed by atoms with E-state index in [-0.39, 0.29) is 17.5 Å². The second-order valence-electron chi connectivity index (χ2n) is 7.20. The van der Waals surface area contributed by atoms with Crippen molar-refractivity contribution >= 4 is 10.0 Å². The summed E-state index contributed by atoms with van der Waals surface area (Å²) in [4.78, 5) is 1.51. The smallest absolute Gasteiger partial charge is 0.240 e. The van der Waals surface area contributed by atoms with E-state index in [1.54, 1.807) is 37.6 Å². The third-order valence-corrected chi connectivity index (χ3v) is 6.92. The number of hydrogen-bond acceptors (Lipinski definition) is 4. The summed E-state index contributed by atoms with van der Waals surface area (Å²) in [6, 6.07) is 18.5. The summed E-state index contributed by atoms with van der Waals surface area (Å²) in [5.41, 5.74) is 2.68. The van der Waals surface area contributed by atoms with Crippen LogP contribution in [0.15, 0.2) is 76.2 Å². The molecule has 0 saturated heterocycles. The first-order valence-corrected chi connectivity index (χ1v) is 11.1. The fourth-order valence-corrected chi connectivity index (χ4v) is 4.91. The second-order valence-corrected chi connectivity index (χ2v) is 8.97. The van der Waals surface area contributed by atoms with E-state index in [0.717, 1.165) is 25.3 Å². The van der Waals surface area contributed by atoms with E-state index in [2.05, 4.69) is 29.0 Å². The maximum absolute atomic E-state index is 12.8. The van der Waals surface area contributed by atoms with Gasteiger partial charge < -0.3 is 14.1 Å². The van der Waals surface area contributed by atoms with Crippen molar-refractivity contribution in [1.29, 1.82) is 0 Å². The largest absolute Gasteiger partial charge is 0.497 e. The molecule has 2 aromatic carbocycles. The standard InChI is InChI=1S/C22H24N2O4S/c1-27-19-8-10-20(11-9-19)29(25,26)23-15-21(22-7-4-14-28-22)24-13-12-17-5-2-3-6-18(17)16-24/h2-11,14,21,23H,12-13,15-16H2,1H3/p+1/t21-/m0/s1. The molecule has 6 nitrogen and oxygen atoms in total. The van der Waals surface area contributed by atoms with Gasteiger partial charge in [0.2, 0.25) is 10.0 Å². The van der Waals surface area contributed by atoms with E-state index < -0.39 is 10.0 Å². The van der Waals surface area contributed by atoms with Crippen molar-refractivity contribution in [3.05, 3.63) is 83.8 Å². The number of hydrogen-bond donors (Lipinski definition) is 2. The molecule has 0 fully saturated rings. The Kier molecular flexibility index (Phi) is 5.71. The molecule has 1 aliphatic rings. The molecule has 0 spiro atoms. The van der Waals surface area contributed by atoms with Crippen molar-refractivity contribution in [3.63, 3.8) is 0 Å². The van der Waals surface area contributed by atoms with Crippen LogP contribution >= 0.6 is 0 Å². The minimum Gasteiger partial charge on any atom is -0.497 e. The SMILES string of the molecule is COc1ccc(S(=O)(=O)NC[C@@H](c2ccco2)[NH+]2CCc3ccccc3C2)cc1. The van der Waals surface area contributed by atoms with E-state index in [1.807, 2.05) is 12.1 Å². The van der Waals surface area contributed by atoms with Gasteiger partial charge in [0.15, 0.2) is 11.8 Å². The zero-order valence-electron chi connectivity index (χ0n) is 16.3. The molecule has 7 heteroatoms. The third kappa shape index (κ3) is 4.37. The number of nitrogens with one attached hydrogen (secondary N) is 2. The molecule has 2 atom stereocenters. The molecule has 1 aromatic heterocycles. The minimum atomic E-state index is -3.63. The predicted octanol–water partition coefficient (Wildman–Crippen LogP) is 1.95. The van der Waals surface area contributed by atoms with Gasteiger partial charge in [-0.25, -0.2) is 13.1 Å². The molecule has 152 valence electrons. The molecule has 4 rings (SSSR count). The van der Waals surface area contributed by atoms with Crippen LogP contribution in [0, 0.1) is 0 Å². The molecule has 0 amide bonds. The Morgan fingerprint density at radius 2 is 1.83 bits per heavy atom. The highest BCUT2D eigenvalue weighted by molar-refractivity contribution is 7.89. The summed E-state index contributed by atoms with van der Waals surface area (Å²) in [7, 11) is -2.08. The molecular formula is C22H25N2O4S+. The molecule has 2 N–H and O–H groups in total. The summed E-state index contributed by atoms with van der Waals surface area (Å²) in [6.07, 6.45) is 2.60. The van der Waals surface area contributed by atoms with E-state index in [9.17, 15) is 8.42 Å². The first kappa shape index (κ1) is 19.7. The van der Waals surface area contributed by atoms with Crippen molar-refractivity contribution in [2.75, 3.05) is 20.2 Å². The molecule has 29 heavy (non-hydrogen) atoms. The number of sulfonamides is 1. The highest BCUT2D eigenvalue weighted by Crippen LogP contribution is 2.18. The van der Waals surface area contributed by atoms with Gasteiger partial charge in [0.1, 0.15) is 12.3 Å². The first-order chi connectivity index (χ1) is 14.1. The van der Waals surface area contributed by atoms with Gasteiger partial charge in [-0.15, -0.1) is 0 Å². The Bertz CT molecular complexity index is 1050. The molecule has 1 aliphatic heterocycles. The van der Waals surface area contributed by atoms with Crippen molar-refractivity contribution in [3.8, 4) is 5.75 Å². The molecular weight excluding hydrogens is 388 g/mol. The lowest BCUT2D eigenvalue weighted by Gasteiger charge is -2.31. The fraction of sp³-hybridized carbons (Fsp3) is 0.273. The summed E-state index contributed by atoms with van der Waals surface area (Å²) in [5, 5.41) is 0. The Morgan fingerprint density at radius 3 is 2.52 bits per heavy atom. The van der Waals surface area contributed by atoms with Gasteiger partial charge in [-0.1, -0.05) is 24.3 Å². The Morgan fingerprint density at radius 1 is 1.07 bits per heavy atom. The summed E-state index contributed by atoms with van der Waals surface area (Å²) in [5.74, 6) is 1.41. The van der Waals surface area contributed by atoms with E-state index in [4.69, 9.17) is 9.15 Å². The van der Waals surface area contributed by atoms with E-state index in [1.165, 1.54) is 16.0 Å². The maximum atomic E-state index is 12.8. The molecule has 2 heterocycles. The predicted molar refractivity (Wildman–Crippen MR) is 109 cm³/mol. The first-order valence-electron chi connectivity index (χ1n) is 9.65. The van der Waals surface area contributed by atoms with Crippen LogP contribution in [0.2, 0.25) is 0 Å². The third-order valence-electron chi connectivity index (χ3n) is 5.48. The van der Waals surface area contributed by atoms with Crippen molar-refractivity contribution in [1.82, 2.24) is 4.72 Å². The van der Waals surface area contributed by atoms with Gasteiger partial charge in [-0.3, -0.25) is 0 Å². The number of fused-ring (bicyclic) bond motifs is 1. The van der Waals surface area contributed by atoms with E-state index >= 15 is 0 Å². The maximum Gasteiger partial charge on any atom is 0.240 e. The Labute approximate surface area is 171 Å². The second kappa shape index (κ2) is 8.41. The lowest BCUT2D eigenvalue weighted by molar-refractivity contribution is -0.946. The summed E-state index contributed by atoms with van der Waals surface area (Å²) >= 11 is 0. The fourth-order valence-electron chi connectivity index (χ4n) is 3.87. The monoisotopic (exact) mass is 413 g/mol. The number of furan rings is 1. The van der Waals surface area contributed by atoms with Crippen LogP contribution in [0.4, 0.5) is 0 Å². The zero-order chi connectivity index (χ0) is 20.3. The normalized spacial score (nSPS) is 17.5. The van der Waals surface area contributed by atoms with Crippen molar-refractivity contribution < 1.29 is 22.5 Å². The summed E-state index contributed by atoms with van der Waals surface area (Å²) in [6.45, 7) is 2.03. The quantitative estimate of drug-likeness (QED) is 0.621. The molecule has 0 saturated carbocycles. The molecule has 1 unspecified atom stereocenters. The number of quaternary nitrogens is 1. The molecule has 0 aliphatic carbocycles. The van der Waals surface area contributed by atoms with Crippen LogP contribution in [0.25, 0.3) is 0 Å². The van der Waals surface area contributed by atoms with Crippen LogP contribution in [-0.4, -0.2) is 28.6 Å². The van der Waals surface area contributed by atoms with Crippen molar-refractivity contribution in [2.45, 2.75) is 23.9 Å². The summed E-state index contributed by atoms with van der Waals surface area (Å²) < 4.78 is 39.1. The van der Waals surface area contributed by atoms with Crippen molar-refractivity contribution in [2.24, 2.45) is 0 Å². The number of methoxy groups -OCH3 is 1. The number of ether oxygens (including phenoxy) is 1. The van der Waals surface area contributed by atoms with Gasteiger partial charge in [-0.05, 0) is 42.0 Å². The van der Waals surface area contributed by atoms with E-state index in [0.29, 0.717) is 5.75 Å². The van der Waals surface area contributed by atoms with Gasteiger partial charge in [0.05, 0.1) is 31.4 Å². The van der Waals surface area contributed by atoms with Gasteiger partial charge in [0.25, 0.3) is 0 Å². The average Bonchev–Trinajstić information content (AvgIpc) is 3.28. The Balaban J connectivity index is 1.52. The van der Waals surface area contributed by atoms with Gasteiger partial charge >= 0.3 is 0 Å². The Hall–Kier alpha value is -2.61. The van der Waals surface area contributed by atoms with Gasteiger partial charge in [0, 0.05) is 12.0 Å². The number of rotatable bonds is 7. The molecule has 0 radical (unpaired) electrons. The highest BCUT2D eigenvalue weighted by Gasteiger charge is 2.31. The topological polar surface area (TPSA) is 73.0 Å². The van der Waals surface area contributed by atoms with Crippen LogP contribution in [0.5, 0.6) is 5.75 Å². The molecule has 3 aromatic rings. The highest BCUT2D eigenvalue weighted by atomic mass is 32.2. The van der Waals surface area contributed by atoms with Crippen LogP contribution in [-0.2, 0) is 23.0 Å². The number of benzene rings is 2. The average molecular weight is 414 g/mol. The van der Waals surface area contributed by atoms with Crippen LogP contribution in [0.3, 0.4) is 0 Å². The lowest BCUT2D eigenvalue weighted by atomic mass is 9.98. The molecule has 0 bridgehead atoms. The zero-order valence-corrected chi connectivity index (χ0v) is 17.1. The van der Waals surface area contributed by atoms with Crippen LogP contribution in [0.1, 0.15) is 22.9 Å². The van der Waals surface area contributed by atoms with Gasteiger partial charge in [-0.2, -0.15) is 0 Å².